The molecule has 0 aliphatic heterocycles. The van der Waals surface area contributed by atoms with E-state index in [0.29, 0.717) is 13.2 Å². The first-order valence-corrected chi connectivity index (χ1v) is 13.9. The van der Waals surface area contributed by atoms with Crippen molar-refractivity contribution in [2.45, 2.75) is 117 Å². The third kappa shape index (κ3) is 12.3. The first-order chi connectivity index (χ1) is 16.0. The van der Waals surface area contributed by atoms with E-state index in [-0.39, 0.29) is 21.1 Å². The topological polar surface area (TPSA) is 105 Å². The highest BCUT2D eigenvalue weighted by Crippen LogP contribution is 2.34. The smallest absolute Gasteiger partial charge is 0.342 e. The van der Waals surface area contributed by atoms with Crippen molar-refractivity contribution in [3.63, 3.8) is 0 Å². The van der Waals surface area contributed by atoms with E-state index in [9.17, 15) is 9.59 Å². The Bertz CT molecular complexity index is 621. The van der Waals surface area contributed by atoms with Crippen LogP contribution in [0, 0.1) is 0 Å². The predicted molar refractivity (Wildman–Crippen MR) is 139 cm³/mol. The molecule has 0 aromatic carbocycles. The van der Waals surface area contributed by atoms with Crippen LogP contribution in [0.15, 0.2) is 0 Å². The number of nitrogen functional groups attached to an aromatic ring is 2. The van der Waals surface area contributed by atoms with Gasteiger partial charge in [-0.05, 0) is 12.8 Å². The van der Waals surface area contributed by atoms with E-state index in [4.69, 9.17) is 20.9 Å². The first-order valence-electron chi connectivity index (χ1n) is 13.0. The van der Waals surface area contributed by atoms with Gasteiger partial charge in [0.15, 0.2) is 0 Å². The number of rotatable bonds is 20. The number of nitrogens with two attached hydrogens (primary N) is 2. The highest BCUT2D eigenvalue weighted by Gasteiger charge is 2.28. The molecule has 0 spiro atoms. The first kappa shape index (κ1) is 29.3. The Kier molecular flexibility index (Phi) is 16.5. The number of thiophene rings is 1. The lowest BCUT2D eigenvalue weighted by Gasteiger charge is -2.08. The molecule has 0 saturated carbocycles. The van der Waals surface area contributed by atoms with E-state index in [1.54, 1.807) is 0 Å². The fraction of sp³-hybridized carbons (Fsp3) is 0.769. The van der Waals surface area contributed by atoms with Crippen LogP contribution in [0.25, 0.3) is 0 Å². The molecule has 0 radical (unpaired) electrons. The predicted octanol–water partition coefficient (Wildman–Crippen LogP) is 7.51. The standard InChI is InChI=1S/C26H46N2O4S/c1-3-5-7-9-11-13-15-17-19-31-25(29)21-22(24(28)33-23(21)27)26(30)32-20-18-16-14-12-10-8-6-4-2/h3-20,27-28H2,1-2H3. The molecule has 0 fully saturated rings. The van der Waals surface area contributed by atoms with Gasteiger partial charge in [0, 0.05) is 0 Å². The zero-order valence-corrected chi connectivity index (χ0v) is 21.7. The average Bonchev–Trinajstić information content (AvgIpc) is 3.10. The maximum absolute atomic E-state index is 12.6. The summed E-state index contributed by atoms with van der Waals surface area (Å²) in [5, 5.41) is 0.403. The van der Waals surface area contributed by atoms with Crippen LogP contribution in [0.2, 0.25) is 0 Å². The molecule has 0 atom stereocenters. The minimum atomic E-state index is -0.595. The molecule has 1 aromatic rings. The Hall–Kier alpha value is -1.76. The fourth-order valence-corrected chi connectivity index (χ4v) is 4.63. The largest absolute Gasteiger partial charge is 0.462 e. The Morgan fingerprint density at radius 3 is 1.21 bits per heavy atom. The molecule has 0 saturated heterocycles. The lowest BCUT2D eigenvalue weighted by atomic mass is 10.1. The number of carbonyl (C=O) groups excluding carboxylic acids is 2. The normalized spacial score (nSPS) is 11.0. The minimum absolute atomic E-state index is 0.0537. The maximum atomic E-state index is 12.6. The van der Waals surface area contributed by atoms with Gasteiger partial charge in [0.05, 0.1) is 13.2 Å². The molecule has 4 N–H and O–H groups in total. The van der Waals surface area contributed by atoms with Crippen molar-refractivity contribution in [2.24, 2.45) is 0 Å². The Morgan fingerprint density at radius 2 is 0.879 bits per heavy atom. The summed E-state index contributed by atoms with van der Waals surface area (Å²) in [4.78, 5) is 25.2. The van der Waals surface area contributed by atoms with Gasteiger partial charge in [0.2, 0.25) is 0 Å². The second kappa shape index (κ2) is 18.6. The lowest BCUT2D eigenvalue weighted by Crippen LogP contribution is -2.15. The van der Waals surface area contributed by atoms with Crippen LogP contribution in [-0.2, 0) is 9.47 Å². The SMILES string of the molecule is CCCCCCCCCCOC(=O)c1c(N)sc(N)c1C(=O)OCCCCCCCCCC. The monoisotopic (exact) mass is 482 g/mol. The van der Waals surface area contributed by atoms with Gasteiger partial charge in [0.25, 0.3) is 0 Å². The molecule has 1 rings (SSSR count). The summed E-state index contributed by atoms with van der Waals surface area (Å²) < 4.78 is 10.8. The van der Waals surface area contributed by atoms with E-state index < -0.39 is 11.9 Å². The van der Waals surface area contributed by atoms with E-state index in [1.165, 1.54) is 64.2 Å². The minimum Gasteiger partial charge on any atom is -0.462 e. The number of ether oxygens (including phenoxy) is 2. The molecule has 1 aromatic heterocycles. The quantitative estimate of drug-likeness (QED) is 0.147. The van der Waals surface area contributed by atoms with Gasteiger partial charge in [0.1, 0.15) is 21.1 Å². The van der Waals surface area contributed by atoms with Crippen LogP contribution >= 0.6 is 11.3 Å². The molecule has 0 amide bonds. The summed E-state index contributed by atoms with van der Waals surface area (Å²) in [6.45, 7) is 5.06. The Morgan fingerprint density at radius 1 is 0.576 bits per heavy atom. The van der Waals surface area contributed by atoms with Crippen LogP contribution in [0.4, 0.5) is 10.0 Å². The van der Waals surface area contributed by atoms with Crippen LogP contribution in [0.3, 0.4) is 0 Å². The molecular weight excluding hydrogens is 436 g/mol. The number of esters is 2. The Labute approximate surface area is 204 Å². The lowest BCUT2D eigenvalue weighted by molar-refractivity contribution is 0.0453. The van der Waals surface area contributed by atoms with E-state index >= 15 is 0 Å². The summed E-state index contributed by atoms with van der Waals surface area (Å²) >= 11 is 1.02. The summed E-state index contributed by atoms with van der Waals surface area (Å²) in [5.74, 6) is -1.19. The summed E-state index contributed by atoms with van der Waals surface area (Å²) in [5.41, 5.74) is 12.0. The van der Waals surface area contributed by atoms with Crippen LogP contribution in [-0.4, -0.2) is 25.2 Å². The van der Waals surface area contributed by atoms with Crippen molar-refractivity contribution in [2.75, 3.05) is 24.7 Å². The van der Waals surface area contributed by atoms with Crippen LogP contribution < -0.4 is 11.5 Å². The van der Waals surface area contributed by atoms with E-state index in [2.05, 4.69) is 13.8 Å². The second-order valence-corrected chi connectivity index (χ2v) is 9.89. The number of hydrogen-bond donors (Lipinski definition) is 2. The number of carbonyl (C=O) groups is 2. The van der Waals surface area contributed by atoms with Gasteiger partial charge >= 0.3 is 11.9 Å². The van der Waals surface area contributed by atoms with Gasteiger partial charge in [-0.1, -0.05) is 115 Å². The van der Waals surface area contributed by atoms with Gasteiger partial charge in [-0.15, -0.1) is 0 Å². The maximum Gasteiger partial charge on any atom is 0.342 e. The van der Waals surface area contributed by atoms with Crippen molar-refractivity contribution >= 4 is 33.3 Å². The highest BCUT2D eigenvalue weighted by atomic mass is 32.1. The average molecular weight is 483 g/mol. The number of anilines is 2. The fourth-order valence-electron chi connectivity index (χ4n) is 3.82. The highest BCUT2D eigenvalue weighted by molar-refractivity contribution is 7.20. The molecule has 33 heavy (non-hydrogen) atoms. The molecular formula is C26H46N2O4S. The summed E-state index contributed by atoms with van der Waals surface area (Å²) in [6.07, 6.45) is 18.6. The number of hydrogen-bond acceptors (Lipinski definition) is 7. The molecule has 0 bridgehead atoms. The van der Waals surface area contributed by atoms with Crippen molar-refractivity contribution in [3.8, 4) is 0 Å². The van der Waals surface area contributed by atoms with E-state index in [1.807, 2.05) is 0 Å². The van der Waals surface area contributed by atoms with Crippen molar-refractivity contribution in [1.82, 2.24) is 0 Å². The van der Waals surface area contributed by atoms with Crippen molar-refractivity contribution < 1.29 is 19.1 Å². The molecule has 6 nitrogen and oxygen atoms in total. The van der Waals surface area contributed by atoms with E-state index in [0.717, 1.165) is 49.9 Å². The second-order valence-electron chi connectivity index (χ2n) is 8.80. The number of unbranched alkanes of at least 4 members (excludes halogenated alkanes) is 14. The van der Waals surface area contributed by atoms with Crippen molar-refractivity contribution in [1.29, 1.82) is 0 Å². The molecule has 190 valence electrons. The molecule has 0 aliphatic rings. The van der Waals surface area contributed by atoms with Crippen LogP contribution in [0.1, 0.15) is 137 Å². The third-order valence-electron chi connectivity index (χ3n) is 5.83. The van der Waals surface area contributed by atoms with Gasteiger partial charge in [-0.3, -0.25) is 0 Å². The third-order valence-corrected chi connectivity index (χ3v) is 6.68. The van der Waals surface area contributed by atoms with Crippen molar-refractivity contribution in [3.05, 3.63) is 11.1 Å². The zero-order chi connectivity index (χ0) is 24.3. The molecule has 7 heteroatoms. The molecule has 0 unspecified atom stereocenters. The van der Waals surface area contributed by atoms with Gasteiger partial charge < -0.3 is 20.9 Å². The summed E-state index contributed by atoms with van der Waals surface area (Å²) in [7, 11) is 0. The summed E-state index contributed by atoms with van der Waals surface area (Å²) in [6, 6.07) is 0. The van der Waals surface area contributed by atoms with Crippen LogP contribution in [0.5, 0.6) is 0 Å². The Balaban J connectivity index is 2.34. The zero-order valence-electron chi connectivity index (χ0n) is 20.9. The molecule has 1 heterocycles. The van der Waals surface area contributed by atoms with Gasteiger partial charge in [-0.25, -0.2) is 9.59 Å². The van der Waals surface area contributed by atoms with Gasteiger partial charge in [-0.2, -0.15) is 0 Å². The molecule has 0 aliphatic carbocycles.